The number of hydroxylamine groups is 2. The highest BCUT2D eigenvalue weighted by Gasteiger charge is 2.50. The maximum Gasteiger partial charge on any atom is 0.413 e. The summed E-state index contributed by atoms with van der Waals surface area (Å²) in [6.45, 7) is 10.2. The van der Waals surface area contributed by atoms with Crippen LogP contribution >= 0.6 is 11.3 Å². The van der Waals surface area contributed by atoms with Gasteiger partial charge in [0.1, 0.15) is 16.9 Å². The van der Waals surface area contributed by atoms with Crippen molar-refractivity contribution < 1.29 is 43.1 Å². The first-order valence-corrected chi connectivity index (χ1v) is 12.5. The van der Waals surface area contributed by atoms with Crippen LogP contribution in [0.3, 0.4) is 0 Å². The van der Waals surface area contributed by atoms with Gasteiger partial charge in [0.2, 0.25) is 11.3 Å². The van der Waals surface area contributed by atoms with Crippen LogP contribution < -0.4 is 5.32 Å². The van der Waals surface area contributed by atoms with E-state index in [0.29, 0.717) is 24.3 Å². The molecule has 3 rings (SSSR count). The molecule has 1 aromatic heterocycles. The van der Waals surface area contributed by atoms with Gasteiger partial charge >= 0.3 is 18.0 Å². The molecule has 37 heavy (non-hydrogen) atoms. The zero-order chi connectivity index (χ0) is 27.6. The molecule has 0 bridgehead atoms. The minimum Gasteiger partial charge on any atom is -0.457 e. The summed E-state index contributed by atoms with van der Waals surface area (Å²) in [5.74, 6) is -3.23. The monoisotopic (exact) mass is 538 g/mol. The van der Waals surface area contributed by atoms with Crippen molar-refractivity contribution in [2.45, 2.75) is 90.4 Å². The van der Waals surface area contributed by atoms with E-state index in [-0.39, 0.29) is 23.7 Å². The normalized spacial score (nSPS) is 17.7. The summed E-state index contributed by atoms with van der Waals surface area (Å²) in [6, 6.07) is 0. The number of hydrogen-bond acceptors (Lipinski definition) is 12. The van der Waals surface area contributed by atoms with Crippen LogP contribution in [0.5, 0.6) is 0 Å². The predicted octanol–water partition coefficient (Wildman–Crippen LogP) is 3.08. The van der Waals surface area contributed by atoms with Gasteiger partial charge in [-0.25, -0.2) is 19.4 Å². The van der Waals surface area contributed by atoms with Gasteiger partial charge in [0, 0.05) is 31.1 Å². The molecular weight excluding hydrogens is 508 g/mol. The number of esters is 1. The lowest BCUT2D eigenvalue weighted by molar-refractivity contribution is -0.197. The molecule has 0 unspecified atom stereocenters. The van der Waals surface area contributed by atoms with Crippen LogP contribution in [-0.4, -0.2) is 62.4 Å². The van der Waals surface area contributed by atoms with Crippen molar-refractivity contribution in [2.24, 2.45) is 5.16 Å². The van der Waals surface area contributed by atoms with E-state index in [2.05, 4.69) is 15.5 Å². The lowest BCUT2D eigenvalue weighted by atomic mass is 9.80. The average molecular weight is 539 g/mol. The number of carbonyl (C=O) groups is 5. The first-order chi connectivity index (χ1) is 17.1. The zero-order valence-electron chi connectivity index (χ0n) is 21.5. The number of nitrogens with zero attached hydrogens (tertiary/aromatic N) is 3. The van der Waals surface area contributed by atoms with Crippen LogP contribution in [0.2, 0.25) is 0 Å². The molecule has 2 heterocycles. The molecule has 202 valence electrons. The highest BCUT2D eigenvalue weighted by molar-refractivity contribution is 7.14. The number of aromatic nitrogens is 1. The van der Waals surface area contributed by atoms with Crippen LogP contribution in [0.1, 0.15) is 79.3 Å². The number of nitrogens with one attached hydrogen (secondary N) is 1. The Morgan fingerprint density at radius 1 is 1.03 bits per heavy atom. The number of carbonyl (C=O) groups excluding carboxylic acids is 5. The second-order valence-electron chi connectivity index (χ2n) is 10.5. The third kappa shape index (κ3) is 7.24. The van der Waals surface area contributed by atoms with E-state index in [4.69, 9.17) is 19.1 Å². The number of anilines is 1. The number of hydrogen-bond donors (Lipinski definition) is 1. The Kier molecular flexibility index (Phi) is 7.91. The van der Waals surface area contributed by atoms with E-state index >= 15 is 0 Å². The van der Waals surface area contributed by atoms with E-state index in [1.165, 1.54) is 5.38 Å². The first-order valence-electron chi connectivity index (χ1n) is 11.6. The number of imide groups is 1. The molecule has 0 radical (unpaired) electrons. The molecule has 2 fully saturated rings. The molecule has 1 saturated carbocycles. The third-order valence-corrected chi connectivity index (χ3v) is 5.73. The van der Waals surface area contributed by atoms with E-state index < -0.39 is 52.4 Å². The highest BCUT2D eigenvalue weighted by atomic mass is 32.1. The molecule has 3 amide bonds. The number of rotatable bonds is 7. The van der Waals surface area contributed by atoms with E-state index in [1.807, 2.05) is 0 Å². The standard InChI is InChI=1S/C23H30N4O9S/c1-21(2,3)33-18(31)23(10-7-11-23)36-26-16(17(30)35-27-14(28)8-9-15(27)29)13-12-37-19(24-13)25-20(32)34-22(4,5)6/h12H,7-11H2,1-6H3,(H,24,25,32)/b26-16-. The van der Waals surface area contributed by atoms with Crippen molar-refractivity contribution in [1.82, 2.24) is 10.0 Å². The van der Waals surface area contributed by atoms with Crippen molar-refractivity contribution >= 4 is 52.0 Å². The first kappa shape index (κ1) is 28.0. The Bertz CT molecular complexity index is 1110. The van der Waals surface area contributed by atoms with Gasteiger partial charge in [-0.1, -0.05) is 5.16 Å². The van der Waals surface area contributed by atoms with Crippen LogP contribution in [0, 0.1) is 0 Å². The lowest BCUT2D eigenvalue weighted by Crippen LogP contribution is -2.50. The maximum absolute atomic E-state index is 13.0. The summed E-state index contributed by atoms with van der Waals surface area (Å²) in [7, 11) is 0. The Labute approximate surface area is 217 Å². The van der Waals surface area contributed by atoms with E-state index in [0.717, 1.165) is 11.3 Å². The molecule has 0 atom stereocenters. The number of ether oxygens (including phenoxy) is 2. The van der Waals surface area contributed by atoms with Crippen molar-refractivity contribution in [3.05, 3.63) is 11.1 Å². The van der Waals surface area contributed by atoms with Gasteiger partial charge < -0.3 is 19.1 Å². The second kappa shape index (κ2) is 10.4. The lowest BCUT2D eigenvalue weighted by Gasteiger charge is -2.38. The fraction of sp³-hybridized carbons (Fsp3) is 0.609. The summed E-state index contributed by atoms with van der Waals surface area (Å²) in [5.41, 5.74) is -3.54. The second-order valence-corrected chi connectivity index (χ2v) is 11.4. The summed E-state index contributed by atoms with van der Waals surface area (Å²) in [4.78, 5) is 76.4. The smallest absolute Gasteiger partial charge is 0.413 e. The largest absolute Gasteiger partial charge is 0.457 e. The summed E-state index contributed by atoms with van der Waals surface area (Å²) < 4.78 is 10.6. The minimum absolute atomic E-state index is 0.0728. The highest BCUT2D eigenvalue weighted by Crippen LogP contribution is 2.38. The van der Waals surface area contributed by atoms with Crippen LogP contribution in [0.15, 0.2) is 10.5 Å². The Hall–Kier alpha value is -3.55. The summed E-state index contributed by atoms with van der Waals surface area (Å²) >= 11 is 0.954. The Morgan fingerprint density at radius 2 is 1.62 bits per heavy atom. The Balaban J connectivity index is 1.86. The zero-order valence-corrected chi connectivity index (χ0v) is 22.4. The Morgan fingerprint density at radius 3 is 2.14 bits per heavy atom. The molecule has 1 saturated heterocycles. The van der Waals surface area contributed by atoms with Gasteiger partial charge in [0.05, 0.1) is 0 Å². The summed E-state index contributed by atoms with van der Waals surface area (Å²) in [6.07, 6.45) is 0.317. The van der Waals surface area contributed by atoms with Crippen LogP contribution in [0.4, 0.5) is 9.93 Å². The molecule has 1 aliphatic carbocycles. The van der Waals surface area contributed by atoms with Gasteiger partial charge in [0.15, 0.2) is 5.13 Å². The molecule has 0 spiro atoms. The van der Waals surface area contributed by atoms with Gasteiger partial charge in [0.25, 0.3) is 11.8 Å². The van der Waals surface area contributed by atoms with Gasteiger partial charge in [-0.2, -0.15) is 0 Å². The van der Waals surface area contributed by atoms with E-state index in [9.17, 15) is 24.0 Å². The number of oxime groups is 1. The molecule has 0 aromatic carbocycles. The quantitative estimate of drug-likeness (QED) is 0.236. The van der Waals surface area contributed by atoms with Crippen molar-refractivity contribution in [1.29, 1.82) is 0 Å². The predicted molar refractivity (Wildman–Crippen MR) is 129 cm³/mol. The van der Waals surface area contributed by atoms with Gasteiger partial charge in [-0.05, 0) is 48.0 Å². The van der Waals surface area contributed by atoms with Crippen LogP contribution in [-0.2, 0) is 38.3 Å². The number of thiazole rings is 1. The van der Waals surface area contributed by atoms with Crippen molar-refractivity contribution in [2.75, 3.05) is 5.32 Å². The molecule has 1 N–H and O–H groups in total. The molecule has 14 heteroatoms. The molecule has 1 aromatic rings. The minimum atomic E-state index is -1.41. The van der Waals surface area contributed by atoms with Crippen molar-refractivity contribution in [3.63, 3.8) is 0 Å². The third-order valence-electron chi connectivity index (χ3n) is 4.97. The molecule has 13 nitrogen and oxygen atoms in total. The fourth-order valence-corrected chi connectivity index (χ4v) is 3.82. The molecule has 1 aliphatic heterocycles. The summed E-state index contributed by atoms with van der Waals surface area (Å²) in [5, 5.41) is 8.13. The average Bonchev–Trinajstić information content (AvgIpc) is 3.28. The van der Waals surface area contributed by atoms with Crippen LogP contribution in [0.25, 0.3) is 0 Å². The molecular formula is C23H30N4O9S. The maximum atomic E-state index is 13.0. The van der Waals surface area contributed by atoms with Gasteiger partial charge in [-0.15, -0.1) is 16.4 Å². The van der Waals surface area contributed by atoms with E-state index in [1.54, 1.807) is 41.5 Å². The van der Waals surface area contributed by atoms with Crippen molar-refractivity contribution in [3.8, 4) is 0 Å². The van der Waals surface area contributed by atoms with Gasteiger partial charge in [-0.3, -0.25) is 14.9 Å². The topological polar surface area (TPSA) is 163 Å². The number of amides is 3. The molecule has 2 aliphatic rings. The fourth-order valence-electron chi connectivity index (χ4n) is 3.14. The SMILES string of the molecule is CC(C)(C)OC(=O)Nc1nc(/C(=N/OC2(C(=O)OC(C)(C)C)CCC2)C(=O)ON2C(=O)CCC2=O)cs1.